The maximum atomic E-state index is 8.89. The topological polar surface area (TPSA) is 82.9 Å². The highest BCUT2D eigenvalue weighted by Crippen LogP contribution is 2.18. The standard InChI is InChI=1S/C14H26N6O/c1-4-20-11-12(9-16-20)10-18-5-7-19(8-6-18)14(2,3)13(15)17-21/h9,11,21H,4-8,10H2,1-3H3,(H2,15,17). The molecule has 1 aliphatic heterocycles. The van der Waals surface area contributed by atoms with Crippen LogP contribution in [-0.2, 0) is 13.1 Å². The smallest absolute Gasteiger partial charge is 0.159 e. The maximum Gasteiger partial charge on any atom is 0.159 e. The molecule has 7 heteroatoms. The Bertz CT molecular complexity index is 487. The van der Waals surface area contributed by atoms with Gasteiger partial charge in [-0.3, -0.25) is 14.5 Å². The number of aromatic nitrogens is 2. The van der Waals surface area contributed by atoms with Crippen LogP contribution in [0.25, 0.3) is 0 Å². The third-order valence-electron chi connectivity index (χ3n) is 4.31. The fraction of sp³-hybridized carbons (Fsp3) is 0.714. The molecule has 3 N–H and O–H groups in total. The average Bonchev–Trinajstić information content (AvgIpc) is 2.94. The van der Waals surface area contributed by atoms with Gasteiger partial charge in [-0.05, 0) is 20.8 Å². The Labute approximate surface area is 126 Å². The summed E-state index contributed by atoms with van der Waals surface area (Å²) >= 11 is 0. The first-order valence-electron chi connectivity index (χ1n) is 7.44. The van der Waals surface area contributed by atoms with E-state index in [1.165, 1.54) is 5.56 Å². The summed E-state index contributed by atoms with van der Waals surface area (Å²) in [5, 5.41) is 16.4. The fourth-order valence-corrected chi connectivity index (χ4v) is 2.67. The van der Waals surface area contributed by atoms with E-state index in [0.717, 1.165) is 39.3 Å². The zero-order chi connectivity index (χ0) is 15.5. The zero-order valence-corrected chi connectivity index (χ0v) is 13.2. The molecule has 1 saturated heterocycles. The van der Waals surface area contributed by atoms with Gasteiger partial charge in [0.2, 0.25) is 0 Å². The molecule has 1 aromatic heterocycles. The number of piperazine rings is 1. The number of hydrogen-bond acceptors (Lipinski definition) is 5. The minimum Gasteiger partial charge on any atom is -0.409 e. The highest BCUT2D eigenvalue weighted by molar-refractivity contribution is 5.88. The van der Waals surface area contributed by atoms with E-state index in [4.69, 9.17) is 10.9 Å². The van der Waals surface area contributed by atoms with Crippen molar-refractivity contribution in [1.29, 1.82) is 0 Å². The van der Waals surface area contributed by atoms with E-state index >= 15 is 0 Å². The van der Waals surface area contributed by atoms with Crippen molar-refractivity contribution < 1.29 is 5.21 Å². The summed E-state index contributed by atoms with van der Waals surface area (Å²) in [5.41, 5.74) is 6.63. The molecule has 118 valence electrons. The van der Waals surface area contributed by atoms with Crippen molar-refractivity contribution in [3.63, 3.8) is 0 Å². The quantitative estimate of drug-likeness (QED) is 0.358. The van der Waals surface area contributed by atoms with Gasteiger partial charge in [0.25, 0.3) is 0 Å². The lowest BCUT2D eigenvalue weighted by atomic mass is 10.00. The van der Waals surface area contributed by atoms with Gasteiger partial charge in [0.15, 0.2) is 5.84 Å². The van der Waals surface area contributed by atoms with Crippen LogP contribution in [0.5, 0.6) is 0 Å². The molecular weight excluding hydrogens is 268 g/mol. The van der Waals surface area contributed by atoms with E-state index in [-0.39, 0.29) is 5.84 Å². The molecule has 0 aliphatic carbocycles. The molecular formula is C14H26N6O. The van der Waals surface area contributed by atoms with Crippen LogP contribution in [0.3, 0.4) is 0 Å². The van der Waals surface area contributed by atoms with E-state index in [2.05, 4.69) is 33.2 Å². The van der Waals surface area contributed by atoms with E-state index in [1.54, 1.807) is 0 Å². The number of aryl methyl sites for hydroxylation is 1. The minimum atomic E-state index is -0.409. The van der Waals surface area contributed by atoms with Gasteiger partial charge in [-0.2, -0.15) is 5.10 Å². The molecule has 0 unspecified atom stereocenters. The summed E-state index contributed by atoms with van der Waals surface area (Å²) < 4.78 is 1.95. The second-order valence-electron chi connectivity index (χ2n) is 6.01. The van der Waals surface area contributed by atoms with Crippen molar-refractivity contribution >= 4 is 5.84 Å². The van der Waals surface area contributed by atoms with Crippen LogP contribution in [0, 0.1) is 0 Å². The van der Waals surface area contributed by atoms with Crippen LogP contribution in [-0.4, -0.2) is 62.3 Å². The molecule has 0 bridgehead atoms. The molecule has 0 aromatic carbocycles. The highest BCUT2D eigenvalue weighted by atomic mass is 16.4. The molecule has 21 heavy (non-hydrogen) atoms. The summed E-state index contributed by atoms with van der Waals surface area (Å²) in [4.78, 5) is 4.67. The lowest BCUT2D eigenvalue weighted by molar-refractivity contribution is 0.0793. The van der Waals surface area contributed by atoms with Crippen LogP contribution in [0.2, 0.25) is 0 Å². The molecule has 0 amide bonds. The Balaban J connectivity index is 1.88. The summed E-state index contributed by atoms with van der Waals surface area (Å²) in [6.45, 7) is 11.7. The summed E-state index contributed by atoms with van der Waals surface area (Å²) in [6, 6.07) is 0. The molecule has 2 rings (SSSR count). The van der Waals surface area contributed by atoms with Crippen LogP contribution in [0.15, 0.2) is 17.5 Å². The zero-order valence-electron chi connectivity index (χ0n) is 13.2. The molecule has 1 aliphatic rings. The number of nitrogens with zero attached hydrogens (tertiary/aromatic N) is 5. The third kappa shape index (κ3) is 3.54. The third-order valence-corrected chi connectivity index (χ3v) is 4.31. The van der Waals surface area contributed by atoms with Gasteiger partial charge in [0, 0.05) is 51.0 Å². The second kappa shape index (κ2) is 6.44. The predicted octanol–water partition coefficient (Wildman–Crippen LogP) is 0.546. The number of rotatable bonds is 5. The van der Waals surface area contributed by atoms with Gasteiger partial charge in [-0.15, -0.1) is 0 Å². The Morgan fingerprint density at radius 2 is 2.05 bits per heavy atom. The normalized spacial score (nSPS) is 19.1. The highest BCUT2D eigenvalue weighted by Gasteiger charge is 2.33. The monoisotopic (exact) mass is 294 g/mol. The first-order chi connectivity index (χ1) is 9.97. The van der Waals surface area contributed by atoms with Crippen molar-refractivity contribution in [2.75, 3.05) is 26.2 Å². The Morgan fingerprint density at radius 1 is 1.38 bits per heavy atom. The maximum absolute atomic E-state index is 8.89. The van der Waals surface area contributed by atoms with Gasteiger partial charge in [-0.1, -0.05) is 5.16 Å². The number of oxime groups is 1. The number of amidine groups is 1. The van der Waals surface area contributed by atoms with E-state index in [0.29, 0.717) is 0 Å². The molecule has 0 radical (unpaired) electrons. The molecule has 0 atom stereocenters. The van der Waals surface area contributed by atoms with Crippen LogP contribution in [0.1, 0.15) is 26.3 Å². The molecule has 2 heterocycles. The molecule has 1 aromatic rings. The lowest BCUT2D eigenvalue weighted by Crippen LogP contribution is -2.59. The Hall–Kier alpha value is -1.60. The molecule has 1 fully saturated rings. The largest absolute Gasteiger partial charge is 0.409 e. The van der Waals surface area contributed by atoms with Crippen molar-refractivity contribution in [1.82, 2.24) is 19.6 Å². The second-order valence-corrected chi connectivity index (χ2v) is 6.01. The van der Waals surface area contributed by atoms with E-state index in [9.17, 15) is 0 Å². The van der Waals surface area contributed by atoms with Gasteiger partial charge in [0.1, 0.15) is 0 Å². The Kier molecular flexibility index (Phi) is 4.84. The molecule has 7 nitrogen and oxygen atoms in total. The minimum absolute atomic E-state index is 0.264. The summed E-state index contributed by atoms with van der Waals surface area (Å²) in [5.74, 6) is 0.264. The SMILES string of the molecule is CCn1cc(CN2CCN(C(C)(C)C(N)=NO)CC2)cn1. The van der Waals surface area contributed by atoms with E-state index in [1.807, 2.05) is 24.7 Å². The summed E-state index contributed by atoms with van der Waals surface area (Å²) in [6.07, 6.45) is 4.04. The van der Waals surface area contributed by atoms with Crippen LogP contribution in [0.4, 0.5) is 0 Å². The van der Waals surface area contributed by atoms with E-state index < -0.39 is 5.54 Å². The lowest BCUT2D eigenvalue weighted by Gasteiger charge is -2.43. The van der Waals surface area contributed by atoms with Gasteiger partial charge in [-0.25, -0.2) is 0 Å². The first-order valence-corrected chi connectivity index (χ1v) is 7.44. The van der Waals surface area contributed by atoms with Crippen LogP contribution < -0.4 is 5.73 Å². The fourth-order valence-electron chi connectivity index (χ4n) is 2.67. The Morgan fingerprint density at radius 3 is 2.57 bits per heavy atom. The molecule has 0 spiro atoms. The van der Waals surface area contributed by atoms with Crippen molar-refractivity contribution in [2.24, 2.45) is 10.9 Å². The van der Waals surface area contributed by atoms with Gasteiger partial charge >= 0.3 is 0 Å². The average molecular weight is 294 g/mol. The van der Waals surface area contributed by atoms with Gasteiger partial charge in [0.05, 0.1) is 11.7 Å². The van der Waals surface area contributed by atoms with Crippen molar-refractivity contribution in [3.05, 3.63) is 18.0 Å². The van der Waals surface area contributed by atoms with Crippen molar-refractivity contribution in [2.45, 2.75) is 39.4 Å². The van der Waals surface area contributed by atoms with Crippen LogP contribution >= 0.6 is 0 Å². The predicted molar refractivity (Wildman–Crippen MR) is 82.2 cm³/mol. The molecule has 0 saturated carbocycles. The van der Waals surface area contributed by atoms with Crippen molar-refractivity contribution in [3.8, 4) is 0 Å². The summed E-state index contributed by atoms with van der Waals surface area (Å²) in [7, 11) is 0. The number of hydrogen-bond donors (Lipinski definition) is 2. The van der Waals surface area contributed by atoms with Gasteiger partial charge < -0.3 is 10.9 Å². The number of nitrogens with two attached hydrogens (primary N) is 1. The first kappa shape index (κ1) is 15.8.